The van der Waals surface area contributed by atoms with Gasteiger partial charge in [0.15, 0.2) is 5.82 Å². The van der Waals surface area contributed by atoms with Crippen LogP contribution in [-0.4, -0.2) is 29.0 Å². The third-order valence-corrected chi connectivity index (χ3v) is 2.15. The minimum atomic E-state index is -0.245. The molecule has 0 N–H and O–H groups in total. The number of hydrogen-bond donors (Lipinski definition) is 0. The van der Waals surface area contributed by atoms with Crippen molar-refractivity contribution in [3.63, 3.8) is 0 Å². The molecule has 0 saturated carbocycles. The molecule has 1 heterocycles. The van der Waals surface area contributed by atoms with Crippen molar-refractivity contribution in [3.05, 3.63) is 11.7 Å². The summed E-state index contributed by atoms with van der Waals surface area (Å²) in [5, 5.41) is 3.68. The number of esters is 1. The van der Waals surface area contributed by atoms with Crippen LogP contribution in [0.4, 0.5) is 0 Å². The van der Waals surface area contributed by atoms with Crippen LogP contribution in [-0.2, 0) is 15.3 Å². The zero-order valence-electron chi connectivity index (χ0n) is 7.44. The minimum Gasteiger partial charge on any atom is -0.468 e. The fraction of sp³-hybridized carbons (Fsp3) is 0.571. The molecule has 5 nitrogen and oxygen atoms in total. The maximum atomic E-state index is 10.7. The first kappa shape index (κ1) is 10.0. The van der Waals surface area contributed by atoms with Gasteiger partial charge in [-0.3, -0.25) is 4.79 Å². The van der Waals surface area contributed by atoms with Crippen molar-refractivity contribution in [2.75, 3.05) is 12.9 Å². The van der Waals surface area contributed by atoms with E-state index in [2.05, 4.69) is 14.9 Å². The molecule has 0 radical (unpaired) electrons. The average molecular weight is 202 g/mol. The summed E-state index contributed by atoms with van der Waals surface area (Å²) in [4.78, 5) is 14.7. The molecule has 1 aromatic rings. The Balaban J connectivity index is 2.24. The SMILES string of the molecule is COC(=O)CSCc1noc(C)n1. The van der Waals surface area contributed by atoms with Crippen LogP contribution in [0.5, 0.6) is 0 Å². The normalized spacial score (nSPS) is 10.0. The second-order valence-electron chi connectivity index (χ2n) is 2.30. The van der Waals surface area contributed by atoms with Crippen molar-refractivity contribution in [2.45, 2.75) is 12.7 Å². The lowest BCUT2D eigenvalue weighted by molar-refractivity contribution is -0.137. The summed E-state index contributed by atoms with van der Waals surface area (Å²) >= 11 is 1.39. The molecule has 0 spiro atoms. The van der Waals surface area contributed by atoms with Crippen molar-refractivity contribution in [3.8, 4) is 0 Å². The van der Waals surface area contributed by atoms with Crippen LogP contribution in [0.1, 0.15) is 11.7 Å². The van der Waals surface area contributed by atoms with E-state index in [1.54, 1.807) is 6.92 Å². The van der Waals surface area contributed by atoms with E-state index in [1.807, 2.05) is 0 Å². The van der Waals surface area contributed by atoms with E-state index in [0.29, 0.717) is 23.2 Å². The Morgan fingerprint density at radius 2 is 2.46 bits per heavy atom. The van der Waals surface area contributed by atoms with E-state index in [9.17, 15) is 4.79 Å². The third-order valence-electron chi connectivity index (χ3n) is 1.25. The molecule has 1 aromatic heterocycles. The van der Waals surface area contributed by atoms with Gasteiger partial charge in [0, 0.05) is 6.92 Å². The number of rotatable bonds is 4. The zero-order valence-corrected chi connectivity index (χ0v) is 8.26. The molecule has 0 aliphatic heterocycles. The van der Waals surface area contributed by atoms with Crippen molar-refractivity contribution in [2.24, 2.45) is 0 Å². The number of hydrogen-bond acceptors (Lipinski definition) is 6. The van der Waals surface area contributed by atoms with E-state index in [0.717, 1.165) is 0 Å². The first-order chi connectivity index (χ1) is 6.22. The Labute approximate surface area is 79.8 Å². The smallest absolute Gasteiger partial charge is 0.315 e. The second-order valence-corrected chi connectivity index (χ2v) is 3.28. The molecule has 0 aliphatic rings. The van der Waals surface area contributed by atoms with E-state index in [4.69, 9.17) is 4.52 Å². The molecular formula is C7H10N2O3S. The molecular weight excluding hydrogens is 192 g/mol. The second kappa shape index (κ2) is 4.86. The van der Waals surface area contributed by atoms with Gasteiger partial charge in [0.2, 0.25) is 5.89 Å². The van der Waals surface area contributed by atoms with Crippen molar-refractivity contribution < 1.29 is 14.1 Å². The highest BCUT2D eigenvalue weighted by molar-refractivity contribution is 7.99. The van der Waals surface area contributed by atoms with E-state index < -0.39 is 0 Å². The predicted molar refractivity (Wildman–Crippen MR) is 47.2 cm³/mol. The van der Waals surface area contributed by atoms with Gasteiger partial charge in [-0.15, -0.1) is 11.8 Å². The summed E-state index contributed by atoms with van der Waals surface area (Å²) in [6.45, 7) is 1.72. The first-order valence-electron chi connectivity index (χ1n) is 3.66. The van der Waals surface area contributed by atoms with Crippen LogP contribution in [0.3, 0.4) is 0 Å². The Morgan fingerprint density at radius 3 is 3.00 bits per heavy atom. The number of carbonyl (C=O) groups excluding carboxylic acids is 1. The summed E-state index contributed by atoms with van der Waals surface area (Å²) in [7, 11) is 1.36. The lowest BCUT2D eigenvalue weighted by Gasteiger charge is -1.95. The molecule has 72 valence electrons. The average Bonchev–Trinajstić information content (AvgIpc) is 2.51. The third kappa shape index (κ3) is 3.45. The fourth-order valence-electron chi connectivity index (χ4n) is 0.685. The van der Waals surface area contributed by atoms with Gasteiger partial charge in [0.25, 0.3) is 0 Å². The largest absolute Gasteiger partial charge is 0.468 e. The summed E-state index contributed by atoms with van der Waals surface area (Å²) in [6, 6.07) is 0. The maximum absolute atomic E-state index is 10.7. The molecule has 0 saturated heterocycles. The van der Waals surface area contributed by atoms with Gasteiger partial charge in [-0.1, -0.05) is 5.16 Å². The minimum absolute atomic E-state index is 0.245. The molecule has 0 unspecified atom stereocenters. The van der Waals surface area contributed by atoms with Crippen LogP contribution in [0.2, 0.25) is 0 Å². The number of aryl methyl sites for hydroxylation is 1. The molecule has 0 amide bonds. The molecule has 0 atom stereocenters. The number of carbonyl (C=O) groups is 1. The van der Waals surface area contributed by atoms with Gasteiger partial charge in [-0.2, -0.15) is 4.98 Å². The van der Waals surface area contributed by atoms with Gasteiger partial charge >= 0.3 is 5.97 Å². The van der Waals surface area contributed by atoms with Gasteiger partial charge in [0.1, 0.15) is 0 Å². The standard InChI is InChI=1S/C7H10N2O3S/c1-5-8-6(9-12-5)3-13-4-7(10)11-2/h3-4H2,1-2H3. The molecule has 13 heavy (non-hydrogen) atoms. The first-order valence-corrected chi connectivity index (χ1v) is 4.81. The molecule has 0 bridgehead atoms. The number of methoxy groups -OCH3 is 1. The lowest BCUT2D eigenvalue weighted by Crippen LogP contribution is -2.03. The predicted octanol–water partition coefficient (Wildman–Crippen LogP) is 0.784. The quantitative estimate of drug-likeness (QED) is 0.672. The van der Waals surface area contributed by atoms with Crippen molar-refractivity contribution in [1.82, 2.24) is 10.1 Å². The Bertz CT molecular complexity index is 287. The zero-order chi connectivity index (χ0) is 9.68. The summed E-state index contributed by atoms with van der Waals surface area (Å²) in [6.07, 6.45) is 0. The highest BCUT2D eigenvalue weighted by Gasteiger charge is 2.04. The van der Waals surface area contributed by atoms with Gasteiger partial charge in [0.05, 0.1) is 18.6 Å². The highest BCUT2D eigenvalue weighted by atomic mass is 32.2. The van der Waals surface area contributed by atoms with E-state index >= 15 is 0 Å². The van der Waals surface area contributed by atoms with Crippen LogP contribution >= 0.6 is 11.8 Å². The number of aromatic nitrogens is 2. The van der Waals surface area contributed by atoms with Crippen LogP contribution in [0.15, 0.2) is 4.52 Å². The topological polar surface area (TPSA) is 65.2 Å². The molecule has 0 aromatic carbocycles. The highest BCUT2D eigenvalue weighted by Crippen LogP contribution is 2.08. The summed E-state index contributed by atoms with van der Waals surface area (Å²) < 4.78 is 9.23. The molecule has 1 rings (SSSR count). The van der Waals surface area contributed by atoms with Crippen LogP contribution in [0, 0.1) is 6.92 Å². The van der Waals surface area contributed by atoms with Crippen molar-refractivity contribution in [1.29, 1.82) is 0 Å². The van der Waals surface area contributed by atoms with Crippen molar-refractivity contribution >= 4 is 17.7 Å². The summed E-state index contributed by atoms with van der Waals surface area (Å²) in [5.41, 5.74) is 0. The van der Waals surface area contributed by atoms with E-state index in [1.165, 1.54) is 18.9 Å². The monoisotopic (exact) mass is 202 g/mol. The molecule has 0 aliphatic carbocycles. The van der Waals surface area contributed by atoms with Crippen LogP contribution in [0.25, 0.3) is 0 Å². The Hall–Kier alpha value is -1.04. The number of thioether (sulfide) groups is 1. The Morgan fingerprint density at radius 1 is 1.69 bits per heavy atom. The fourth-order valence-corrected chi connectivity index (χ4v) is 1.37. The van der Waals surface area contributed by atoms with Gasteiger partial charge < -0.3 is 9.26 Å². The Kier molecular flexibility index (Phi) is 3.75. The number of nitrogens with zero attached hydrogens (tertiary/aromatic N) is 2. The van der Waals surface area contributed by atoms with Gasteiger partial charge in [-0.05, 0) is 0 Å². The number of ether oxygens (including phenoxy) is 1. The maximum Gasteiger partial charge on any atom is 0.315 e. The van der Waals surface area contributed by atoms with E-state index in [-0.39, 0.29) is 5.97 Å². The van der Waals surface area contributed by atoms with Gasteiger partial charge in [-0.25, -0.2) is 0 Å². The van der Waals surface area contributed by atoms with Crippen LogP contribution < -0.4 is 0 Å². The molecule has 0 fully saturated rings. The molecule has 6 heteroatoms. The lowest BCUT2D eigenvalue weighted by atomic mass is 10.7. The summed E-state index contributed by atoms with van der Waals surface area (Å²) in [5.74, 6) is 1.77.